The van der Waals surface area contributed by atoms with E-state index in [1.54, 1.807) is 20.3 Å². The molecular weight excluding hydrogens is 389 g/mol. The van der Waals surface area contributed by atoms with E-state index in [0.717, 1.165) is 68.0 Å². The lowest BCUT2D eigenvalue weighted by Crippen LogP contribution is -2.31. The first-order valence-electron chi connectivity index (χ1n) is 9.92. The third-order valence-electron chi connectivity index (χ3n) is 5.59. The summed E-state index contributed by atoms with van der Waals surface area (Å²) in [7, 11) is 3.36. The molecule has 0 saturated carbocycles. The van der Waals surface area contributed by atoms with Crippen LogP contribution in [0, 0.1) is 0 Å². The van der Waals surface area contributed by atoms with Crippen LogP contribution in [0.1, 0.15) is 24.0 Å². The van der Waals surface area contributed by atoms with E-state index in [0.29, 0.717) is 5.03 Å². The second-order valence-corrected chi connectivity index (χ2v) is 7.93. The molecule has 0 bridgehead atoms. The molecule has 154 valence electrons. The minimum absolute atomic E-state index is 0.194. The number of rotatable bonds is 8. The Morgan fingerprint density at radius 2 is 1.79 bits per heavy atom. The van der Waals surface area contributed by atoms with E-state index < -0.39 is 0 Å². The van der Waals surface area contributed by atoms with Crippen LogP contribution < -0.4 is 9.47 Å². The molecule has 0 atom stereocenters. The van der Waals surface area contributed by atoms with Crippen LogP contribution in [-0.2, 0) is 19.5 Å². The van der Waals surface area contributed by atoms with Gasteiger partial charge in [0, 0.05) is 31.2 Å². The van der Waals surface area contributed by atoms with Crippen molar-refractivity contribution in [2.24, 2.45) is 0 Å². The highest BCUT2D eigenvalue weighted by Crippen LogP contribution is 2.33. The highest BCUT2D eigenvalue weighted by atomic mass is 32.2. The quantitative estimate of drug-likeness (QED) is 0.491. The molecule has 5 nitrogen and oxygen atoms in total. The number of aryl methyl sites for hydroxylation is 1. The van der Waals surface area contributed by atoms with Gasteiger partial charge >= 0.3 is 0 Å². The highest BCUT2D eigenvalue weighted by molar-refractivity contribution is 7.94. The zero-order valence-electron chi connectivity index (χ0n) is 16.9. The smallest absolute Gasteiger partial charge is 0.161 e. The van der Waals surface area contributed by atoms with Crippen LogP contribution in [0.3, 0.4) is 0 Å². The van der Waals surface area contributed by atoms with Gasteiger partial charge in [0.05, 0.1) is 14.2 Å². The maximum atomic E-state index is 12.8. The second-order valence-electron chi connectivity index (χ2n) is 7.36. The molecule has 2 aromatic heterocycles. The summed E-state index contributed by atoms with van der Waals surface area (Å²) < 4.78 is 25.8. The summed E-state index contributed by atoms with van der Waals surface area (Å²) in [5.41, 5.74) is 3.54. The van der Waals surface area contributed by atoms with Crippen molar-refractivity contribution in [3.63, 3.8) is 0 Å². The summed E-state index contributed by atoms with van der Waals surface area (Å²) in [5.74, 6) is 1.60. The van der Waals surface area contributed by atoms with E-state index in [-0.39, 0.29) is 12.1 Å². The van der Waals surface area contributed by atoms with Gasteiger partial charge in [-0.25, -0.2) is 4.98 Å². The molecule has 0 fully saturated rings. The molecule has 0 aliphatic carbocycles. The van der Waals surface area contributed by atoms with Crippen molar-refractivity contribution in [1.82, 2.24) is 14.5 Å². The summed E-state index contributed by atoms with van der Waals surface area (Å²) in [4.78, 5) is 6.89. The summed E-state index contributed by atoms with van der Waals surface area (Å²) in [6, 6.07) is 9.90. The third-order valence-corrected chi connectivity index (χ3v) is 5.97. The molecule has 1 aliphatic rings. The molecule has 29 heavy (non-hydrogen) atoms. The molecule has 1 aromatic carbocycles. The minimum atomic E-state index is 0.194. The van der Waals surface area contributed by atoms with E-state index >= 15 is 0 Å². The van der Waals surface area contributed by atoms with E-state index in [1.165, 1.54) is 11.1 Å². The maximum Gasteiger partial charge on any atom is 0.161 e. The number of hydrogen-bond donors (Lipinski definition) is 0. The average molecular weight is 416 g/mol. The van der Waals surface area contributed by atoms with E-state index in [1.807, 2.05) is 18.3 Å². The number of nitrogens with zero attached hydrogens (tertiary/aromatic N) is 3. The van der Waals surface area contributed by atoms with Crippen LogP contribution >= 0.6 is 12.1 Å². The first-order chi connectivity index (χ1) is 14.2. The Hall–Kier alpha value is -2.25. The van der Waals surface area contributed by atoms with Crippen LogP contribution in [0.25, 0.3) is 11.0 Å². The van der Waals surface area contributed by atoms with Crippen molar-refractivity contribution in [1.29, 1.82) is 0 Å². The van der Waals surface area contributed by atoms with Gasteiger partial charge in [0.2, 0.25) is 0 Å². The zero-order valence-corrected chi connectivity index (χ0v) is 17.7. The number of methoxy groups -OCH3 is 2. The van der Waals surface area contributed by atoms with Gasteiger partial charge in [-0.3, -0.25) is 4.90 Å². The van der Waals surface area contributed by atoms with E-state index in [2.05, 4.69) is 26.6 Å². The molecule has 1 aliphatic heterocycles. The monoisotopic (exact) mass is 415 g/mol. The van der Waals surface area contributed by atoms with Crippen molar-refractivity contribution >= 4 is 23.2 Å². The Morgan fingerprint density at radius 1 is 1.03 bits per heavy atom. The average Bonchev–Trinajstić information content (AvgIpc) is 3.17. The van der Waals surface area contributed by atoms with Crippen molar-refractivity contribution in [3.8, 4) is 11.5 Å². The van der Waals surface area contributed by atoms with Crippen LogP contribution in [-0.4, -0.2) is 41.8 Å². The van der Waals surface area contributed by atoms with Crippen LogP contribution in [0.4, 0.5) is 3.89 Å². The number of ether oxygens (including phenoxy) is 2. The fraction of sp³-hybridized carbons (Fsp3) is 0.409. The van der Waals surface area contributed by atoms with E-state index in [9.17, 15) is 3.89 Å². The third kappa shape index (κ3) is 4.36. The number of aromatic nitrogens is 2. The number of hydrogen-bond acceptors (Lipinski definition) is 5. The standard InChI is InChI=1S/C22H26FN3O2S/c1-27-19-13-17-7-11-25(15-18(17)14-20(19)28-2)9-3-4-10-26-12-8-16-5-6-21(29-23)24-22(16)26/h5-6,8,12-14H,3-4,7,9-11,15H2,1-2H3. The lowest BCUT2D eigenvalue weighted by Gasteiger charge is -2.29. The highest BCUT2D eigenvalue weighted by Gasteiger charge is 2.19. The first kappa shape index (κ1) is 20.0. The molecule has 4 rings (SSSR count). The van der Waals surface area contributed by atoms with Gasteiger partial charge < -0.3 is 14.0 Å². The van der Waals surface area contributed by atoms with Gasteiger partial charge in [0.1, 0.15) is 22.8 Å². The summed E-state index contributed by atoms with van der Waals surface area (Å²) in [5, 5.41) is 1.47. The largest absolute Gasteiger partial charge is 0.493 e. The molecule has 0 unspecified atom stereocenters. The number of benzene rings is 1. The van der Waals surface area contributed by atoms with Gasteiger partial charge in [0.25, 0.3) is 0 Å². The second kappa shape index (κ2) is 9.05. The number of pyridine rings is 1. The fourth-order valence-electron chi connectivity index (χ4n) is 4.02. The molecular formula is C22H26FN3O2S. The molecule has 7 heteroatoms. The summed E-state index contributed by atoms with van der Waals surface area (Å²) >= 11 is 0.194. The minimum Gasteiger partial charge on any atom is -0.493 e. The van der Waals surface area contributed by atoms with Crippen LogP contribution in [0.2, 0.25) is 0 Å². The Balaban J connectivity index is 1.32. The van der Waals surface area contributed by atoms with E-state index in [4.69, 9.17) is 9.47 Å². The van der Waals surface area contributed by atoms with Gasteiger partial charge in [-0.2, -0.15) is 3.89 Å². The van der Waals surface area contributed by atoms with Gasteiger partial charge in [-0.1, -0.05) is 0 Å². The van der Waals surface area contributed by atoms with Crippen LogP contribution in [0.15, 0.2) is 41.6 Å². The van der Waals surface area contributed by atoms with Crippen molar-refractivity contribution < 1.29 is 13.4 Å². The Morgan fingerprint density at radius 3 is 2.55 bits per heavy atom. The first-order valence-corrected chi connectivity index (χ1v) is 10.6. The molecule has 0 spiro atoms. The lowest BCUT2D eigenvalue weighted by atomic mass is 9.98. The molecule has 3 aromatic rings. The lowest BCUT2D eigenvalue weighted by molar-refractivity contribution is 0.246. The van der Waals surface area contributed by atoms with Crippen molar-refractivity contribution in [2.45, 2.75) is 37.4 Å². The Labute approximate surface area is 175 Å². The number of halogens is 1. The molecule has 0 saturated heterocycles. The summed E-state index contributed by atoms with van der Waals surface area (Å²) in [6.45, 7) is 3.96. The predicted octanol–water partition coefficient (Wildman–Crippen LogP) is 4.87. The predicted molar refractivity (Wildman–Crippen MR) is 114 cm³/mol. The number of unbranched alkanes of at least 4 members (excludes halogenated alkanes) is 1. The summed E-state index contributed by atoms with van der Waals surface area (Å²) in [6.07, 6.45) is 5.25. The Bertz CT molecular complexity index is 992. The topological polar surface area (TPSA) is 39.5 Å². The van der Waals surface area contributed by atoms with Gasteiger partial charge in [-0.05, 0) is 67.3 Å². The Kier molecular flexibility index (Phi) is 6.25. The zero-order chi connectivity index (χ0) is 20.2. The molecule has 0 N–H and O–H groups in total. The molecule has 3 heterocycles. The van der Waals surface area contributed by atoms with Gasteiger partial charge in [-0.15, -0.1) is 0 Å². The molecule has 0 amide bonds. The molecule has 0 radical (unpaired) electrons. The van der Waals surface area contributed by atoms with Gasteiger partial charge in [0.15, 0.2) is 11.5 Å². The SMILES string of the molecule is COc1cc2c(cc1OC)CN(CCCCn1ccc3ccc(SF)nc31)CC2. The van der Waals surface area contributed by atoms with Crippen LogP contribution in [0.5, 0.6) is 11.5 Å². The van der Waals surface area contributed by atoms with Crippen molar-refractivity contribution in [2.75, 3.05) is 27.3 Å². The number of fused-ring (bicyclic) bond motifs is 2. The maximum absolute atomic E-state index is 12.8. The van der Waals surface area contributed by atoms with Crippen molar-refractivity contribution in [3.05, 3.63) is 47.7 Å². The fourth-order valence-corrected chi connectivity index (χ4v) is 4.26. The normalized spacial score (nSPS) is 14.2.